The van der Waals surface area contributed by atoms with Crippen molar-refractivity contribution in [3.63, 3.8) is 0 Å². The van der Waals surface area contributed by atoms with E-state index in [1.165, 1.54) is 12.3 Å². The Morgan fingerprint density at radius 1 is 1.59 bits per heavy atom. The van der Waals surface area contributed by atoms with Crippen molar-refractivity contribution in [3.8, 4) is 0 Å². The summed E-state index contributed by atoms with van der Waals surface area (Å²) >= 11 is 0. The number of aryl methyl sites for hydroxylation is 1. The van der Waals surface area contributed by atoms with Gasteiger partial charge in [0.1, 0.15) is 5.82 Å². The van der Waals surface area contributed by atoms with E-state index in [0.29, 0.717) is 0 Å². The fraction of sp³-hybridized carbons (Fsp3) is 0.273. The maximum absolute atomic E-state index is 13.6. The second kappa shape index (κ2) is 5.03. The number of rotatable bonds is 4. The van der Waals surface area contributed by atoms with E-state index in [1.54, 1.807) is 16.9 Å². The van der Waals surface area contributed by atoms with Crippen molar-refractivity contribution in [3.05, 3.63) is 47.8 Å². The van der Waals surface area contributed by atoms with Crippen LogP contribution in [0, 0.1) is 5.82 Å². The highest BCUT2D eigenvalue weighted by molar-refractivity contribution is 5.24. The molecule has 2 aromatic heterocycles. The van der Waals surface area contributed by atoms with Gasteiger partial charge in [-0.15, -0.1) is 0 Å². The van der Waals surface area contributed by atoms with Crippen molar-refractivity contribution >= 4 is 0 Å². The molecule has 0 amide bonds. The number of halogens is 1. The molecule has 0 bridgehead atoms. The SMILES string of the molecule is CCn1cc(C(NN)c2ncccc2F)cn1. The van der Waals surface area contributed by atoms with Crippen molar-refractivity contribution in [2.45, 2.75) is 19.5 Å². The Hall–Kier alpha value is -1.79. The first-order valence-corrected chi connectivity index (χ1v) is 5.35. The van der Waals surface area contributed by atoms with E-state index in [4.69, 9.17) is 5.84 Å². The number of nitrogens with two attached hydrogens (primary N) is 1. The van der Waals surface area contributed by atoms with Crippen LogP contribution in [0.25, 0.3) is 0 Å². The van der Waals surface area contributed by atoms with Gasteiger partial charge in [-0.3, -0.25) is 15.5 Å². The van der Waals surface area contributed by atoms with E-state index >= 15 is 0 Å². The summed E-state index contributed by atoms with van der Waals surface area (Å²) in [4.78, 5) is 4.01. The summed E-state index contributed by atoms with van der Waals surface area (Å²) in [6.45, 7) is 2.73. The summed E-state index contributed by atoms with van der Waals surface area (Å²) < 4.78 is 15.4. The molecule has 0 saturated heterocycles. The Labute approximate surface area is 98.4 Å². The average molecular weight is 235 g/mol. The Balaban J connectivity index is 2.36. The molecule has 1 atom stereocenters. The maximum atomic E-state index is 13.6. The summed E-state index contributed by atoms with van der Waals surface area (Å²) in [7, 11) is 0. The van der Waals surface area contributed by atoms with Crippen LogP contribution in [0.4, 0.5) is 4.39 Å². The van der Waals surface area contributed by atoms with Gasteiger partial charge in [0.25, 0.3) is 0 Å². The molecule has 0 aromatic carbocycles. The van der Waals surface area contributed by atoms with E-state index in [-0.39, 0.29) is 11.5 Å². The van der Waals surface area contributed by atoms with Gasteiger partial charge in [0.2, 0.25) is 0 Å². The zero-order chi connectivity index (χ0) is 12.3. The van der Waals surface area contributed by atoms with Gasteiger partial charge in [0, 0.05) is 24.5 Å². The summed E-state index contributed by atoms with van der Waals surface area (Å²) in [5, 5.41) is 4.13. The molecule has 0 aliphatic heterocycles. The lowest BCUT2D eigenvalue weighted by molar-refractivity contribution is 0.543. The van der Waals surface area contributed by atoms with Crippen molar-refractivity contribution in [1.82, 2.24) is 20.2 Å². The van der Waals surface area contributed by atoms with Gasteiger partial charge >= 0.3 is 0 Å². The smallest absolute Gasteiger partial charge is 0.146 e. The average Bonchev–Trinajstić information content (AvgIpc) is 2.81. The van der Waals surface area contributed by atoms with Crippen molar-refractivity contribution in [1.29, 1.82) is 0 Å². The van der Waals surface area contributed by atoms with Crippen LogP contribution in [0.15, 0.2) is 30.7 Å². The Morgan fingerprint density at radius 2 is 2.41 bits per heavy atom. The third-order valence-corrected chi connectivity index (χ3v) is 2.54. The van der Waals surface area contributed by atoms with Crippen LogP contribution in [-0.2, 0) is 6.54 Å². The van der Waals surface area contributed by atoms with Gasteiger partial charge in [0.15, 0.2) is 0 Å². The van der Waals surface area contributed by atoms with Crippen LogP contribution >= 0.6 is 0 Å². The molecule has 0 radical (unpaired) electrons. The lowest BCUT2D eigenvalue weighted by Gasteiger charge is -2.13. The number of nitrogens with one attached hydrogen (secondary N) is 1. The molecule has 2 aromatic rings. The first kappa shape index (κ1) is 11.7. The number of pyridine rings is 1. The predicted octanol–water partition coefficient (Wildman–Crippen LogP) is 0.990. The number of hydrazine groups is 1. The van der Waals surface area contributed by atoms with Crippen molar-refractivity contribution < 1.29 is 4.39 Å². The summed E-state index contributed by atoms with van der Waals surface area (Å²) in [6, 6.07) is 2.41. The van der Waals surface area contributed by atoms with E-state index in [0.717, 1.165) is 12.1 Å². The molecule has 2 heterocycles. The molecule has 3 N–H and O–H groups in total. The number of aromatic nitrogens is 3. The Morgan fingerprint density at radius 3 is 3.00 bits per heavy atom. The molecule has 0 spiro atoms. The quantitative estimate of drug-likeness (QED) is 0.612. The van der Waals surface area contributed by atoms with Gasteiger partial charge in [0.05, 0.1) is 17.9 Å². The fourth-order valence-electron chi connectivity index (χ4n) is 1.64. The second-order valence-electron chi connectivity index (χ2n) is 3.60. The lowest BCUT2D eigenvalue weighted by atomic mass is 10.1. The number of hydrogen-bond donors (Lipinski definition) is 2. The molecular weight excluding hydrogens is 221 g/mol. The van der Waals surface area contributed by atoms with Crippen LogP contribution in [-0.4, -0.2) is 14.8 Å². The first-order valence-electron chi connectivity index (χ1n) is 5.35. The number of nitrogens with zero attached hydrogens (tertiary/aromatic N) is 3. The monoisotopic (exact) mass is 235 g/mol. The summed E-state index contributed by atoms with van der Waals surface area (Å²) in [5.74, 6) is 5.07. The second-order valence-corrected chi connectivity index (χ2v) is 3.60. The summed E-state index contributed by atoms with van der Waals surface area (Å²) in [6.07, 6.45) is 5.01. The zero-order valence-electron chi connectivity index (χ0n) is 9.47. The highest BCUT2D eigenvalue weighted by Crippen LogP contribution is 2.20. The van der Waals surface area contributed by atoms with Crippen LogP contribution in [0.3, 0.4) is 0 Å². The van der Waals surface area contributed by atoms with Gasteiger partial charge in [-0.2, -0.15) is 5.10 Å². The van der Waals surface area contributed by atoms with Crippen LogP contribution in [0.5, 0.6) is 0 Å². The van der Waals surface area contributed by atoms with E-state index in [9.17, 15) is 4.39 Å². The third kappa shape index (κ3) is 2.32. The van der Waals surface area contributed by atoms with Crippen molar-refractivity contribution in [2.75, 3.05) is 0 Å². The molecule has 0 aliphatic rings. The molecule has 0 fully saturated rings. The highest BCUT2D eigenvalue weighted by atomic mass is 19.1. The van der Waals surface area contributed by atoms with E-state index in [2.05, 4.69) is 15.5 Å². The van der Waals surface area contributed by atoms with Gasteiger partial charge in [-0.25, -0.2) is 9.82 Å². The zero-order valence-corrected chi connectivity index (χ0v) is 9.47. The molecule has 90 valence electrons. The molecule has 5 nitrogen and oxygen atoms in total. The van der Waals surface area contributed by atoms with Gasteiger partial charge in [-0.05, 0) is 19.1 Å². The van der Waals surface area contributed by atoms with Crippen LogP contribution in [0.1, 0.15) is 24.2 Å². The van der Waals surface area contributed by atoms with Crippen LogP contribution in [0.2, 0.25) is 0 Å². The predicted molar refractivity (Wildman–Crippen MR) is 61.3 cm³/mol. The van der Waals surface area contributed by atoms with E-state index < -0.39 is 6.04 Å². The van der Waals surface area contributed by atoms with Crippen molar-refractivity contribution in [2.24, 2.45) is 5.84 Å². The topological polar surface area (TPSA) is 68.8 Å². The molecule has 0 aliphatic carbocycles. The minimum atomic E-state index is -0.489. The minimum Gasteiger partial charge on any atom is -0.273 e. The Bertz CT molecular complexity index is 496. The summed E-state index contributed by atoms with van der Waals surface area (Å²) in [5.41, 5.74) is 3.61. The Kier molecular flexibility index (Phi) is 3.46. The van der Waals surface area contributed by atoms with Crippen LogP contribution < -0.4 is 11.3 Å². The van der Waals surface area contributed by atoms with Gasteiger partial charge < -0.3 is 0 Å². The minimum absolute atomic E-state index is 0.269. The normalized spacial score (nSPS) is 12.6. The molecule has 2 rings (SSSR count). The van der Waals surface area contributed by atoms with E-state index in [1.807, 2.05) is 13.1 Å². The molecular formula is C11H14FN5. The first-order chi connectivity index (χ1) is 8.26. The largest absolute Gasteiger partial charge is 0.273 e. The third-order valence-electron chi connectivity index (χ3n) is 2.54. The lowest BCUT2D eigenvalue weighted by Crippen LogP contribution is -2.30. The standard InChI is InChI=1S/C11H14FN5/c1-2-17-7-8(6-15-17)10(16-13)11-9(12)4-3-5-14-11/h3-7,10,16H,2,13H2,1H3. The molecule has 6 heteroatoms. The molecule has 1 unspecified atom stereocenters. The maximum Gasteiger partial charge on any atom is 0.146 e. The highest BCUT2D eigenvalue weighted by Gasteiger charge is 2.19. The fourth-order valence-corrected chi connectivity index (χ4v) is 1.64. The molecule has 0 saturated carbocycles. The van der Waals surface area contributed by atoms with Gasteiger partial charge in [-0.1, -0.05) is 0 Å². The molecule has 17 heavy (non-hydrogen) atoms. The number of hydrogen-bond acceptors (Lipinski definition) is 4.